The molecule has 0 unspecified atom stereocenters. The molecule has 0 saturated heterocycles. The Balaban J connectivity index is 2.78. The van der Waals surface area contributed by atoms with Crippen LogP contribution in [0, 0.1) is 12.3 Å². The third-order valence-corrected chi connectivity index (χ3v) is 4.39. The fourth-order valence-electron chi connectivity index (χ4n) is 1.79. The third kappa shape index (κ3) is 4.60. The van der Waals surface area contributed by atoms with E-state index in [0.29, 0.717) is 6.42 Å². The molecule has 0 spiro atoms. The van der Waals surface area contributed by atoms with Crippen molar-refractivity contribution in [1.29, 1.82) is 0 Å². The summed E-state index contributed by atoms with van der Waals surface area (Å²) in [5.41, 5.74) is 0.470. The smallest absolute Gasteiger partial charge is 0.296 e. The molecule has 1 rings (SSSR count). The predicted molar refractivity (Wildman–Crippen MR) is 74.4 cm³/mol. The molecule has 0 heterocycles. The Morgan fingerprint density at radius 3 is 2.32 bits per heavy atom. The quantitative estimate of drug-likeness (QED) is 0.782. The predicted octanol–water partition coefficient (Wildman–Crippen LogP) is 2.50. The lowest BCUT2D eigenvalue weighted by Gasteiger charge is -2.25. The zero-order valence-corrected chi connectivity index (χ0v) is 12.5. The fourth-order valence-corrected chi connectivity index (χ4v) is 2.84. The van der Waals surface area contributed by atoms with Gasteiger partial charge in [0.2, 0.25) is 0 Å². The van der Waals surface area contributed by atoms with Crippen LogP contribution in [0.15, 0.2) is 29.2 Å². The van der Waals surface area contributed by atoms with Crippen LogP contribution in [0.2, 0.25) is 0 Å². The molecule has 4 nitrogen and oxygen atoms in total. The van der Waals surface area contributed by atoms with Gasteiger partial charge in [0.25, 0.3) is 10.1 Å². The SMILES string of the molecule is CCC[C@](C)(CO)COS(=O)(=O)c1ccc(C)cc1. The van der Waals surface area contributed by atoms with E-state index in [1.54, 1.807) is 12.1 Å². The van der Waals surface area contributed by atoms with Gasteiger partial charge in [0, 0.05) is 5.41 Å². The highest BCUT2D eigenvalue weighted by atomic mass is 32.2. The van der Waals surface area contributed by atoms with Crippen LogP contribution >= 0.6 is 0 Å². The van der Waals surface area contributed by atoms with Crippen LogP contribution in [-0.2, 0) is 14.3 Å². The molecule has 0 amide bonds. The van der Waals surface area contributed by atoms with E-state index in [-0.39, 0.29) is 18.1 Å². The van der Waals surface area contributed by atoms with Gasteiger partial charge in [-0.15, -0.1) is 0 Å². The summed E-state index contributed by atoms with van der Waals surface area (Å²) in [6.45, 7) is 5.60. The van der Waals surface area contributed by atoms with Crippen molar-refractivity contribution in [1.82, 2.24) is 0 Å². The number of rotatable bonds is 7. The van der Waals surface area contributed by atoms with Gasteiger partial charge in [-0.1, -0.05) is 38.0 Å². The number of hydrogen-bond acceptors (Lipinski definition) is 4. The molecule has 0 aliphatic rings. The second-order valence-corrected chi connectivity index (χ2v) is 6.86. The normalized spacial score (nSPS) is 15.2. The number of aliphatic hydroxyl groups excluding tert-OH is 1. The van der Waals surface area contributed by atoms with Crippen molar-refractivity contribution >= 4 is 10.1 Å². The summed E-state index contributed by atoms with van der Waals surface area (Å²) in [6.07, 6.45) is 1.58. The van der Waals surface area contributed by atoms with Gasteiger partial charge in [-0.3, -0.25) is 4.18 Å². The number of aliphatic hydroxyl groups is 1. The highest BCUT2D eigenvalue weighted by Gasteiger charge is 2.26. The largest absolute Gasteiger partial charge is 0.396 e. The van der Waals surface area contributed by atoms with Crippen molar-refractivity contribution in [3.05, 3.63) is 29.8 Å². The molecule has 0 radical (unpaired) electrons. The van der Waals surface area contributed by atoms with Gasteiger partial charge < -0.3 is 5.11 Å². The molecule has 1 atom stereocenters. The second kappa shape index (κ2) is 6.50. The molecule has 1 N–H and O–H groups in total. The van der Waals surface area contributed by atoms with Crippen LogP contribution in [0.1, 0.15) is 32.3 Å². The molecule has 1 aromatic rings. The monoisotopic (exact) mass is 286 g/mol. The first-order chi connectivity index (χ1) is 8.83. The van der Waals surface area contributed by atoms with Crippen LogP contribution in [0.25, 0.3) is 0 Å². The maximum atomic E-state index is 12.0. The third-order valence-electron chi connectivity index (χ3n) is 3.11. The van der Waals surface area contributed by atoms with Gasteiger partial charge in [0.05, 0.1) is 18.1 Å². The van der Waals surface area contributed by atoms with E-state index in [0.717, 1.165) is 12.0 Å². The summed E-state index contributed by atoms with van der Waals surface area (Å²) in [5.74, 6) is 0. The minimum atomic E-state index is -3.75. The molecule has 19 heavy (non-hydrogen) atoms. The minimum Gasteiger partial charge on any atom is -0.396 e. The van der Waals surface area contributed by atoms with Crippen molar-refractivity contribution in [2.75, 3.05) is 13.2 Å². The Hall–Kier alpha value is -0.910. The van der Waals surface area contributed by atoms with Crippen molar-refractivity contribution in [2.45, 2.75) is 38.5 Å². The van der Waals surface area contributed by atoms with Crippen molar-refractivity contribution in [2.24, 2.45) is 5.41 Å². The van der Waals surface area contributed by atoms with E-state index in [2.05, 4.69) is 0 Å². The lowest BCUT2D eigenvalue weighted by molar-refractivity contribution is 0.0764. The van der Waals surface area contributed by atoms with Crippen LogP contribution in [-0.4, -0.2) is 26.7 Å². The fraction of sp³-hybridized carbons (Fsp3) is 0.571. The number of benzene rings is 1. The van der Waals surface area contributed by atoms with Crippen molar-refractivity contribution in [3.63, 3.8) is 0 Å². The zero-order valence-electron chi connectivity index (χ0n) is 11.7. The van der Waals surface area contributed by atoms with Crippen LogP contribution < -0.4 is 0 Å². The van der Waals surface area contributed by atoms with Crippen molar-refractivity contribution in [3.8, 4) is 0 Å². The summed E-state index contributed by atoms with van der Waals surface area (Å²) < 4.78 is 29.1. The zero-order chi connectivity index (χ0) is 14.5. The highest BCUT2D eigenvalue weighted by molar-refractivity contribution is 7.86. The maximum Gasteiger partial charge on any atom is 0.296 e. The molecule has 108 valence electrons. The lowest BCUT2D eigenvalue weighted by atomic mass is 9.88. The Kier molecular flexibility index (Phi) is 5.52. The first-order valence-electron chi connectivity index (χ1n) is 6.40. The summed E-state index contributed by atoms with van der Waals surface area (Å²) in [6, 6.07) is 6.52. The summed E-state index contributed by atoms with van der Waals surface area (Å²) in [5, 5.41) is 9.35. The molecule has 0 aliphatic carbocycles. The molecule has 1 aromatic carbocycles. The van der Waals surface area contributed by atoms with E-state index in [1.165, 1.54) is 12.1 Å². The Morgan fingerprint density at radius 2 is 1.84 bits per heavy atom. The minimum absolute atomic E-state index is 0.00640. The topological polar surface area (TPSA) is 63.6 Å². The van der Waals surface area contributed by atoms with Crippen LogP contribution in [0.3, 0.4) is 0 Å². The molecule has 0 bridgehead atoms. The highest BCUT2D eigenvalue weighted by Crippen LogP contribution is 2.25. The second-order valence-electron chi connectivity index (χ2n) is 5.25. The lowest BCUT2D eigenvalue weighted by Crippen LogP contribution is -2.29. The Bertz CT molecular complexity index is 493. The van der Waals surface area contributed by atoms with Gasteiger partial charge in [-0.2, -0.15) is 8.42 Å². The molecule has 0 aliphatic heterocycles. The van der Waals surface area contributed by atoms with Crippen LogP contribution in [0.5, 0.6) is 0 Å². The van der Waals surface area contributed by atoms with E-state index in [9.17, 15) is 13.5 Å². The van der Waals surface area contributed by atoms with E-state index in [4.69, 9.17) is 4.18 Å². The first kappa shape index (κ1) is 16.1. The van der Waals surface area contributed by atoms with Crippen LogP contribution in [0.4, 0.5) is 0 Å². The first-order valence-corrected chi connectivity index (χ1v) is 7.81. The van der Waals surface area contributed by atoms with Gasteiger partial charge in [-0.05, 0) is 25.5 Å². The molecule has 0 fully saturated rings. The Labute approximate surface area is 115 Å². The standard InChI is InChI=1S/C14H22O4S/c1-4-9-14(3,10-15)11-18-19(16,17)13-7-5-12(2)6-8-13/h5-8,15H,4,9-11H2,1-3H3/t14-/m1/s1. The van der Waals surface area contributed by atoms with E-state index < -0.39 is 15.5 Å². The number of aryl methyl sites for hydroxylation is 1. The van der Waals surface area contributed by atoms with E-state index in [1.807, 2.05) is 20.8 Å². The average molecular weight is 286 g/mol. The van der Waals surface area contributed by atoms with Crippen molar-refractivity contribution < 1.29 is 17.7 Å². The molecular weight excluding hydrogens is 264 g/mol. The number of hydrogen-bond donors (Lipinski definition) is 1. The summed E-state index contributed by atoms with van der Waals surface area (Å²) in [7, 11) is -3.75. The van der Waals surface area contributed by atoms with E-state index >= 15 is 0 Å². The summed E-state index contributed by atoms with van der Waals surface area (Å²) >= 11 is 0. The summed E-state index contributed by atoms with van der Waals surface area (Å²) in [4.78, 5) is 0.148. The maximum absolute atomic E-state index is 12.0. The van der Waals surface area contributed by atoms with Gasteiger partial charge in [-0.25, -0.2) is 0 Å². The van der Waals surface area contributed by atoms with Gasteiger partial charge in [0.15, 0.2) is 0 Å². The molecular formula is C14H22O4S. The molecule has 0 saturated carbocycles. The molecule has 5 heteroatoms. The average Bonchev–Trinajstić information content (AvgIpc) is 2.37. The van der Waals surface area contributed by atoms with Gasteiger partial charge in [0.1, 0.15) is 0 Å². The Morgan fingerprint density at radius 1 is 1.26 bits per heavy atom. The molecule has 0 aromatic heterocycles. The van der Waals surface area contributed by atoms with Gasteiger partial charge >= 0.3 is 0 Å².